The van der Waals surface area contributed by atoms with Crippen molar-refractivity contribution in [3.8, 4) is 71.0 Å². The van der Waals surface area contributed by atoms with E-state index in [0.29, 0.717) is 84.3 Å². The van der Waals surface area contributed by atoms with Gasteiger partial charge in [-0.2, -0.15) is 0 Å². The first-order valence-electron chi connectivity index (χ1n) is 54.0. The molecule has 0 radical (unpaired) electrons. The zero-order valence-electron chi connectivity index (χ0n) is 83.0. The lowest BCUT2D eigenvalue weighted by Crippen LogP contribution is -2.48. The highest BCUT2D eigenvalue weighted by Crippen LogP contribution is 2.61. The molecule has 13 fully saturated rings. The SMILES string of the molecule is CC(C)CC#CC1=C[C@@H]2C[C@@]3(OC(=O)C=C13)[C@H]1CCCCN21.CCCCC#CC1=C[C@@H]2C[C@@]3(OC(=O)C=C13)[C@H]1CCCCN21.CCCCCCCCC#CC1=C[C@@H]2C[C@@]3(OC(=O)C=C13)[C@H]1CCCCN21.CN(C)CC#CC1=C[C@@H]2C[C@@]3(OC(=O)C=C13)[C@H]1CCCCN21.O=C1C=C2C(C#CC3CCCC3)=C[C@@H]3C[C@@]2(O1)[C@H]1CCCCN31.O=C1C=C2C(C#Cc3ccccc3)=C[C@@H]3C[C@@]2(O1)[C@H]1CCCCN31. The molecule has 728 valence electrons. The molecule has 0 unspecified atom stereocenters. The fourth-order valence-electron chi connectivity index (χ4n) is 29.2. The number of carbonyl (C=O) groups excluding carboxylic acids is 6. The average molecular weight is 1870 g/mol. The van der Waals surface area contributed by atoms with Gasteiger partial charge in [-0.15, -0.1) is 0 Å². The number of ether oxygens (including phenoxy) is 6. The first kappa shape index (κ1) is 95.2. The van der Waals surface area contributed by atoms with E-state index in [1.807, 2.05) is 44.4 Å². The van der Waals surface area contributed by atoms with Crippen molar-refractivity contribution < 1.29 is 57.2 Å². The van der Waals surface area contributed by atoms with Gasteiger partial charge in [0.25, 0.3) is 0 Å². The summed E-state index contributed by atoms with van der Waals surface area (Å²) in [5.74, 6) is 40.1. The average Bonchev–Trinajstić information content (AvgIpc) is 1.58. The third kappa shape index (κ3) is 17.9. The topological polar surface area (TPSA) is 180 Å². The summed E-state index contributed by atoms with van der Waals surface area (Å²) in [6, 6.07) is 14.4. The highest BCUT2D eigenvalue weighted by Gasteiger charge is 2.68. The third-order valence-electron chi connectivity index (χ3n) is 35.0. The number of esters is 6. The van der Waals surface area contributed by atoms with Gasteiger partial charge in [-0.1, -0.05) is 243 Å². The lowest BCUT2D eigenvalue weighted by Gasteiger charge is -2.38. The van der Waals surface area contributed by atoms with Crippen molar-refractivity contribution >= 4 is 35.8 Å². The first-order valence-corrected chi connectivity index (χ1v) is 54.0. The van der Waals surface area contributed by atoms with Crippen molar-refractivity contribution in [1.29, 1.82) is 0 Å². The van der Waals surface area contributed by atoms with E-state index in [0.717, 1.165) is 221 Å². The largest absolute Gasteiger partial charge is 0.449 e. The number of benzene rings is 1. The molecule has 12 bridgehead atoms. The molecule has 18 atom stereocenters. The monoisotopic (exact) mass is 1870 g/mol. The molecular formula is C120H141N7O12. The Morgan fingerprint density at radius 1 is 0.324 bits per heavy atom. The molecule has 26 rings (SSSR count). The Morgan fingerprint density at radius 2 is 0.604 bits per heavy atom. The van der Waals surface area contributed by atoms with Gasteiger partial charge < -0.3 is 28.4 Å². The summed E-state index contributed by atoms with van der Waals surface area (Å²) in [7, 11) is 4.02. The van der Waals surface area contributed by atoms with Gasteiger partial charge in [0.2, 0.25) is 0 Å². The summed E-state index contributed by atoms with van der Waals surface area (Å²) in [5, 5.41) is 0. The maximum atomic E-state index is 12.1. The molecule has 139 heavy (non-hydrogen) atoms. The van der Waals surface area contributed by atoms with Gasteiger partial charge in [0.05, 0.1) is 42.8 Å². The predicted molar refractivity (Wildman–Crippen MR) is 536 cm³/mol. The number of hydrogen-bond acceptors (Lipinski definition) is 19. The molecule has 1 saturated carbocycles. The minimum atomic E-state index is -0.447. The van der Waals surface area contributed by atoms with Crippen LogP contribution in [0.1, 0.15) is 284 Å². The van der Waals surface area contributed by atoms with E-state index in [-0.39, 0.29) is 35.8 Å². The van der Waals surface area contributed by atoms with Crippen LogP contribution in [0.25, 0.3) is 0 Å². The van der Waals surface area contributed by atoms with E-state index in [4.69, 9.17) is 28.4 Å². The summed E-state index contributed by atoms with van der Waals surface area (Å²) in [6.45, 7) is 16.2. The molecular weight excluding hydrogens is 1730 g/mol. The van der Waals surface area contributed by atoms with Gasteiger partial charge in [0.1, 0.15) is 0 Å². The van der Waals surface area contributed by atoms with Gasteiger partial charge in [0, 0.05) is 209 Å². The third-order valence-corrected chi connectivity index (χ3v) is 35.0. The van der Waals surface area contributed by atoms with E-state index in [1.54, 1.807) is 36.5 Å². The van der Waals surface area contributed by atoms with Gasteiger partial charge in [-0.3, -0.25) is 34.3 Å². The van der Waals surface area contributed by atoms with Crippen LogP contribution in [0.5, 0.6) is 0 Å². The van der Waals surface area contributed by atoms with Crippen LogP contribution in [0, 0.1) is 82.9 Å². The number of fused-ring (bicyclic) bond motifs is 18. The summed E-state index contributed by atoms with van der Waals surface area (Å²) < 4.78 is 35.4. The molecule has 19 nitrogen and oxygen atoms in total. The Hall–Kier alpha value is -10.0. The molecule has 6 spiro atoms. The van der Waals surface area contributed by atoms with Crippen LogP contribution >= 0.6 is 0 Å². The lowest BCUT2D eigenvalue weighted by molar-refractivity contribution is -0.149. The number of hydrogen-bond donors (Lipinski definition) is 0. The van der Waals surface area contributed by atoms with Gasteiger partial charge in [-0.05, 0) is 174 Å². The highest BCUT2D eigenvalue weighted by molar-refractivity contribution is 5.94. The number of rotatable bonds is 10. The fraction of sp³-hybridized carbons (Fsp3) is 0.600. The Bertz CT molecular complexity index is 5800. The zero-order valence-corrected chi connectivity index (χ0v) is 83.0. The Labute approximate surface area is 825 Å². The van der Waals surface area contributed by atoms with Crippen LogP contribution in [0.3, 0.4) is 0 Å². The zero-order chi connectivity index (χ0) is 95.4. The molecule has 18 heterocycles. The van der Waals surface area contributed by atoms with E-state index in [1.165, 1.54) is 148 Å². The van der Waals surface area contributed by atoms with Crippen molar-refractivity contribution in [2.45, 2.75) is 384 Å². The van der Waals surface area contributed by atoms with Crippen molar-refractivity contribution in [3.05, 3.63) is 176 Å². The second-order valence-electron chi connectivity index (χ2n) is 44.3. The summed E-state index contributed by atoms with van der Waals surface area (Å²) in [6.07, 6.45) is 69.0. The molecule has 0 N–H and O–H groups in total. The Morgan fingerprint density at radius 3 is 0.921 bits per heavy atom. The number of unbranched alkanes of at least 4 members (excludes halogenated alkanes) is 8. The Kier molecular flexibility index (Phi) is 27.4. The van der Waals surface area contributed by atoms with Gasteiger partial charge >= 0.3 is 35.8 Å². The molecule has 0 aromatic heterocycles. The lowest BCUT2D eigenvalue weighted by atomic mass is 9.77. The van der Waals surface area contributed by atoms with Crippen LogP contribution in [0.2, 0.25) is 0 Å². The normalized spacial score (nSPS) is 35.3. The minimum Gasteiger partial charge on any atom is -0.449 e. The van der Waals surface area contributed by atoms with Crippen LogP contribution in [-0.4, -0.2) is 236 Å². The molecule has 25 aliphatic rings. The van der Waals surface area contributed by atoms with E-state index in [9.17, 15) is 28.8 Å². The van der Waals surface area contributed by atoms with Crippen molar-refractivity contribution in [2.75, 3.05) is 59.9 Å². The number of carbonyl (C=O) groups is 6. The van der Waals surface area contributed by atoms with E-state index < -0.39 is 33.6 Å². The first-order chi connectivity index (χ1) is 67.7. The van der Waals surface area contributed by atoms with E-state index >= 15 is 0 Å². The summed E-state index contributed by atoms with van der Waals surface area (Å²) >= 11 is 0. The molecule has 18 aliphatic heterocycles. The molecule has 19 heteroatoms. The second-order valence-corrected chi connectivity index (χ2v) is 44.3. The number of nitrogens with zero attached hydrogens (tertiary/aromatic N) is 7. The molecule has 7 aliphatic carbocycles. The van der Waals surface area contributed by atoms with Crippen LogP contribution < -0.4 is 0 Å². The van der Waals surface area contributed by atoms with Crippen molar-refractivity contribution in [3.63, 3.8) is 0 Å². The minimum absolute atomic E-state index is 0.165. The fourth-order valence-corrected chi connectivity index (χ4v) is 29.2. The molecule has 1 aromatic carbocycles. The maximum absolute atomic E-state index is 12.1. The predicted octanol–water partition coefficient (Wildman–Crippen LogP) is 17.5. The molecule has 0 amide bonds. The molecule has 12 saturated heterocycles. The summed E-state index contributed by atoms with van der Waals surface area (Å²) in [4.78, 5) is 89.6. The number of piperidine rings is 6. The van der Waals surface area contributed by atoms with Crippen LogP contribution in [0.15, 0.2) is 170 Å². The van der Waals surface area contributed by atoms with Crippen LogP contribution in [0.4, 0.5) is 0 Å². The second kappa shape index (κ2) is 40.1. The van der Waals surface area contributed by atoms with Crippen LogP contribution in [-0.2, 0) is 57.2 Å². The molecule has 1 aromatic rings. The Balaban J connectivity index is 0.0000000993. The van der Waals surface area contributed by atoms with E-state index in [2.05, 4.69) is 169 Å². The maximum Gasteiger partial charge on any atom is 0.332 e. The quantitative estimate of drug-likeness (QED) is 0.0933. The van der Waals surface area contributed by atoms with Gasteiger partial charge in [0.15, 0.2) is 33.6 Å². The summed E-state index contributed by atoms with van der Waals surface area (Å²) in [5.41, 5.74) is 11.1. The van der Waals surface area contributed by atoms with Gasteiger partial charge in [-0.25, -0.2) is 28.8 Å². The van der Waals surface area contributed by atoms with Crippen molar-refractivity contribution in [1.82, 2.24) is 34.3 Å². The highest BCUT2D eigenvalue weighted by atomic mass is 16.6. The van der Waals surface area contributed by atoms with Crippen molar-refractivity contribution in [2.24, 2.45) is 11.8 Å². The standard InChI is InChI=1S/C23H31NO2.C21H19NO2.C20H23NO2.2C19H23NO2.C18H22N2O2/c1-2-3-4-5-6-7-8-9-12-18-15-19-17-23(20(18)16-22(25)26-23)21-13-10-11-14-24(19)21;23-20-13-18-16(10-9-15-6-2-1-3-7-15)12-17-14-21(18,24-20)19-8-4-5-11-22(17)19;22-19-12-17-15(9-8-14-5-1-2-6-14)11-16-13-20(17,23-19)18-7-3-4-10-21(16)18;1-13(2)6-5-7-14-10-15-12-19(16(14)11-18(21)22-19)17-8-3-4-9-20(15)17;1-2-3-4-5-8-14-11-15-13-19(16(14)12-18(21)22-19)17-9-6-7-10-20(15)17;1-19(2)8-5-6-13-10-14-12-18(15(13)11-17(21)22-18)16-7-3-4-9-20(14)16/h15-16,19,21H,2-8,10-11,13-14,17H2,1H3;1-3,6-7,12-13,17,19H,4-5,8,11,14H2;11-12,14,16,18H,1-7,10,13H2;10-11,13,15,17H,3-4,6,8-9,12H2,1-2H3;11-12,15,17H,2-4,6-7,9-10,13H2,1H3;10-11,14,16H,3-4,7-9,12H2,1-2H3/t19-,21-,23+;17-,19-,21+;16-,18-,20+;2*15-,17-,19+;14-,16-,18+/m111111/s1. The smallest absolute Gasteiger partial charge is 0.332 e.